The minimum Gasteiger partial charge on any atom is -0.279 e. The average molecular weight is 307 g/mol. The molecule has 0 radical (unpaired) electrons. The molecular weight excluding hydrogens is 295 g/mol. The lowest BCUT2D eigenvalue weighted by molar-refractivity contribution is 0.625. The highest BCUT2D eigenvalue weighted by Gasteiger charge is 1.99. The predicted molar refractivity (Wildman–Crippen MR) is 76.5 cm³/mol. The van der Waals surface area contributed by atoms with E-state index >= 15 is 0 Å². The number of rotatable bonds is 3. The lowest BCUT2D eigenvalue weighted by Gasteiger charge is -2.01. The maximum absolute atomic E-state index is 13.5. The third-order valence-electron chi connectivity index (χ3n) is 2.41. The van der Waals surface area contributed by atoms with Crippen molar-refractivity contribution in [1.29, 1.82) is 0 Å². The highest BCUT2D eigenvalue weighted by atomic mass is 79.9. The Balaban J connectivity index is 2.05. The Bertz CT molecular complexity index is 565. The van der Waals surface area contributed by atoms with Crippen LogP contribution >= 0.6 is 15.9 Å². The van der Waals surface area contributed by atoms with Gasteiger partial charge in [-0.25, -0.2) is 4.39 Å². The van der Waals surface area contributed by atoms with Crippen molar-refractivity contribution in [2.24, 2.45) is 5.10 Å². The predicted octanol–water partition coefficient (Wildman–Crippen LogP) is 4.34. The van der Waals surface area contributed by atoms with Gasteiger partial charge in [-0.1, -0.05) is 33.6 Å². The number of hydrogen-bond donors (Lipinski definition) is 1. The molecule has 2 aromatic carbocycles. The number of benzene rings is 2. The van der Waals surface area contributed by atoms with Gasteiger partial charge in [-0.05, 0) is 37.3 Å². The lowest BCUT2D eigenvalue weighted by Crippen LogP contribution is -1.93. The van der Waals surface area contributed by atoms with Crippen LogP contribution in [0.2, 0.25) is 0 Å². The summed E-state index contributed by atoms with van der Waals surface area (Å²) in [5.74, 6) is -0.307. The van der Waals surface area contributed by atoms with Gasteiger partial charge in [0, 0.05) is 10.0 Å². The average Bonchev–Trinajstić information content (AvgIpc) is 2.34. The second kappa shape index (κ2) is 5.78. The highest BCUT2D eigenvalue weighted by molar-refractivity contribution is 9.10. The summed E-state index contributed by atoms with van der Waals surface area (Å²) in [6.07, 6.45) is 1.46. The SMILES string of the molecule is Cc1ccc(N/N=C\c2ccc(Br)cc2F)cc1. The summed E-state index contributed by atoms with van der Waals surface area (Å²) in [7, 11) is 0. The van der Waals surface area contributed by atoms with Crippen molar-refractivity contribution in [1.82, 2.24) is 0 Å². The van der Waals surface area contributed by atoms with Crippen LogP contribution in [0.4, 0.5) is 10.1 Å². The number of halogens is 2. The van der Waals surface area contributed by atoms with E-state index in [1.807, 2.05) is 31.2 Å². The third kappa shape index (κ3) is 3.40. The molecule has 0 aliphatic heterocycles. The molecule has 0 heterocycles. The molecule has 0 atom stereocenters. The van der Waals surface area contributed by atoms with E-state index < -0.39 is 0 Å². The van der Waals surface area contributed by atoms with Gasteiger partial charge in [-0.2, -0.15) is 5.10 Å². The van der Waals surface area contributed by atoms with E-state index in [0.717, 1.165) is 5.69 Å². The van der Waals surface area contributed by atoms with Crippen LogP contribution in [0.25, 0.3) is 0 Å². The van der Waals surface area contributed by atoms with Crippen molar-refractivity contribution in [3.63, 3.8) is 0 Å². The molecule has 0 fully saturated rings. The molecular formula is C14H12BrFN2. The van der Waals surface area contributed by atoms with Crippen molar-refractivity contribution in [2.75, 3.05) is 5.43 Å². The summed E-state index contributed by atoms with van der Waals surface area (Å²) in [6, 6.07) is 12.7. The maximum Gasteiger partial charge on any atom is 0.133 e. The molecule has 2 rings (SSSR count). The van der Waals surface area contributed by atoms with E-state index in [1.54, 1.807) is 12.1 Å². The van der Waals surface area contributed by atoms with E-state index in [9.17, 15) is 4.39 Å². The van der Waals surface area contributed by atoms with E-state index in [1.165, 1.54) is 17.8 Å². The standard InChI is InChI=1S/C14H12BrFN2/c1-10-2-6-13(7-3-10)18-17-9-11-4-5-12(15)8-14(11)16/h2-9,18H,1H3/b17-9-. The van der Waals surface area contributed by atoms with Crippen LogP contribution in [0.1, 0.15) is 11.1 Å². The molecule has 18 heavy (non-hydrogen) atoms. The van der Waals surface area contributed by atoms with E-state index in [0.29, 0.717) is 10.0 Å². The van der Waals surface area contributed by atoms with E-state index in [2.05, 4.69) is 26.5 Å². The molecule has 0 saturated heterocycles. The Morgan fingerprint density at radius 2 is 1.89 bits per heavy atom. The fraction of sp³-hybridized carbons (Fsp3) is 0.0714. The van der Waals surface area contributed by atoms with Crippen LogP contribution in [-0.2, 0) is 0 Å². The Kier molecular flexibility index (Phi) is 4.10. The zero-order chi connectivity index (χ0) is 13.0. The topological polar surface area (TPSA) is 24.4 Å². The normalized spacial score (nSPS) is 10.8. The minimum atomic E-state index is -0.307. The number of anilines is 1. The zero-order valence-electron chi connectivity index (χ0n) is 9.82. The summed E-state index contributed by atoms with van der Waals surface area (Å²) in [4.78, 5) is 0. The van der Waals surface area contributed by atoms with Crippen molar-refractivity contribution in [2.45, 2.75) is 6.92 Å². The Morgan fingerprint density at radius 3 is 2.56 bits per heavy atom. The quantitative estimate of drug-likeness (QED) is 0.662. The number of hydrogen-bond acceptors (Lipinski definition) is 2. The first-order valence-electron chi connectivity index (χ1n) is 5.46. The molecule has 0 amide bonds. The Hall–Kier alpha value is -1.68. The highest BCUT2D eigenvalue weighted by Crippen LogP contribution is 2.14. The van der Waals surface area contributed by atoms with Gasteiger partial charge >= 0.3 is 0 Å². The summed E-state index contributed by atoms with van der Waals surface area (Å²) >= 11 is 3.21. The summed E-state index contributed by atoms with van der Waals surface area (Å²) in [5.41, 5.74) is 5.35. The smallest absolute Gasteiger partial charge is 0.133 e. The van der Waals surface area contributed by atoms with Gasteiger partial charge in [0.05, 0.1) is 11.9 Å². The molecule has 2 nitrogen and oxygen atoms in total. The van der Waals surface area contributed by atoms with Gasteiger partial charge in [0.2, 0.25) is 0 Å². The Labute approximate surface area is 114 Å². The zero-order valence-corrected chi connectivity index (χ0v) is 11.4. The first-order valence-corrected chi connectivity index (χ1v) is 6.25. The molecule has 0 bridgehead atoms. The van der Waals surface area contributed by atoms with Crippen LogP contribution < -0.4 is 5.43 Å². The van der Waals surface area contributed by atoms with Gasteiger partial charge in [-0.3, -0.25) is 5.43 Å². The van der Waals surface area contributed by atoms with Crippen molar-refractivity contribution in [3.8, 4) is 0 Å². The fourth-order valence-electron chi connectivity index (χ4n) is 1.41. The summed E-state index contributed by atoms with van der Waals surface area (Å²) < 4.78 is 14.2. The van der Waals surface area contributed by atoms with Gasteiger partial charge < -0.3 is 0 Å². The second-order valence-electron chi connectivity index (χ2n) is 3.90. The molecule has 4 heteroatoms. The maximum atomic E-state index is 13.5. The molecule has 0 spiro atoms. The molecule has 0 aliphatic rings. The van der Waals surface area contributed by atoms with Gasteiger partial charge in [-0.15, -0.1) is 0 Å². The molecule has 2 aromatic rings. The van der Waals surface area contributed by atoms with Crippen LogP contribution in [0.15, 0.2) is 52.0 Å². The van der Waals surface area contributed by atoms with Gasteiger partial charge in [0.25, 0.3) is 0 Å². The first kappa shape index (κ1) is 12.8. The first-order chi connectivity index (χ1) is 8.65. The second-order valence-corrected chi connectivity index (χ2v) is 4.82. The summed E-state index contributed by atoms with van der Waals surface area (Å²) in [6.45, 7) is 2.02. The van der Waals surface area contributed by atoms with Gasteiger partial charge in [0.1, 0.15) is 5.82 Å². The largest absolute Gasteiger partial charge is 0.279 e. The van der Waals surface area contributed by atoms with Crippen molar-refractivity contribution >= 4 is 27.8 Å². The van der Waals surface area contributed by atoms with Crippen LogP contribution in [0.5, 0.6) is 0 Å². The number of nitrogens with one attached hydrogen (secondary N) is 1. The monoisotopic (exact) mass is 306 g/mol. The third-order valence-corrected chi connectivity index (χ3v) is 2.90. The van der Waals surface area contributed by atoms with Crippen molar-refractivity contribution < 1.29 is 4.39 Å². The molecule has 0 aliphatic carbocycles. The molecule has 1 N–H and O–H groups in total. The van der Waals surface area contributed by atoms with Crippen molar-refractivity contribution in [3.05, 3.63) is 63.9 Å². The summed E-state index contributed by atoms with van der Waals surface area (Å²) in [5, 5.41) is 4.00. The number of aryl methyl sites for hydroxylation is 1. The lowest BCUT2D eigenvalue weighted by atomic mass is 10.2. The molecule has 0 saturated carbocycles. The molecule has 0 aromatic heterocycles. The van der Waals surface area contributed by atoms with E-state index in [4.69, 9.17) is 0 Å². The van der Waals surface area contributed by atoms with Crippen LogP contribution in [-0.4, -0.2) is 6.21 Å². The van der Waals surface area contributed by atoms with E-state index in [-0.39, 0.29) is 5.82 Å². The minimum absolute atomic E-state index is 0.307. The van der Waals surface area contributed by atoms with Crippen LogP contribution in [0.3, 0.4) is 0 Å². The number of hydrazone groups is 1. The van der Waals surface area contributed by atoms with Crippen LogP contribution in [0, 0.1) is 12.7 Å². The van der Waals surface area contributed by atoms with Gasteiger partial charge in [0.15, 0.2) is 0 Å². The fourth-order valence-corrected chi connectivity index (χ4v) is 1.74. The number of nitrogens with zero attached hydrogens (tertiary/aromatic N) is 1. The molecule has 92 valence electrons. The Morgan fingerprint density at radius 1 is 1.17 bits per heavy atom. The molecule has 0 unspecified atom stereocenters.